The van der Waals surface area contributed by atoms with Crippen molar-refractivity contribution in [1.29, 1.82) is 0 Å². The van der Waals surface area contributed by atoms with Gasteiger partial charge in [0, 0.05) is 23.3 Å². The van der Waals surface area contributed by atoms with E-state index in [1.807, 2.05) is 0 Å². The van der Waals surface area contributed by atoms with Gasteiger partial charge in [-0.05, 0) is 24.3 Å². The second-order valence-electron chi connectivity index (χ2n) is 6.07. The van der Waals surface area contributed by atoms with Crippen molar-refractivity contribution >= 4 is 43.5 Å². The van der Waals surface area contributed by atoms with Gasteiger partial charge in [0.15, 0.2) is 0 Å². The molecule has 0 unspecified atom stereocenters. The molecule has 2 aliphatic rings. The molecule has 11 heteroatoms. The summed E-state index contributed by atoms with van der Waals surface area (Å²) in [6, 6.07) is 6.27. The fourth-order valence-corrected chi connectivity index (χ4v) is 4.62. The number of sulfonamides is 1. The highest BCUT2D eigenvalue weighted by Crippen LogP contribution is 2.30. The first kappa shape index (κ1) is 18.1. The van der Waals surface area contributed by atoms with Gasteiger partial charge in [-0.15, -0.1) is 0 Å². The zero-order valence-electron chi connectivity index (χ0n) is 14.2. The maximum absolute atomic E-state index is 13.1. The van der Waals surface area contributed by atoms with Gasteiger partial charge in [-0.1, -0.05) is 22.5 Å². The van der Waals surface area contributed by atoms with Gasteiger partial charge in [-0.2, -0.15) is 9.97 Å². The van der Waals surface area contributed by atoms with Crippen molar-refractivity contribution in [2.45, 2.75) is 4.90 Å². The lowest BCUT2D eigenvalue weighted by molar-refractivity contribution is 0.122. The summed E-state index contributed by atoms with van der Waals surface area (Å²) >= 11 is 3.29. The van der Waals surface area contributed by atoms with E-state index in [1.165, 1.54) is 12.1 Å². The minimum Gasteiger partial charge on any atom is -0.378 e. The second-order valence-corrected chi connectivity index (χ2v) is 8.85. The van der Waals surface area contributed by atoms with E-state index >= 15 is 0 Å². The Bertz CT molecular complexity index is 1060. The van der Waals surface area contributed by atoms with Gasteiger partial charge in [-0.25, -0.2) is 22.1 Å². The second kappa shape index (κ2) is 6.73. The Balaban J connectivity index is 1.80. The van der Waals surface area contributed by atoms with Crippen LogP contribution in [0.3, 0.4) is 0 Å². The molecule has 142 valence electrons. The molecule has 4 rings (SSSR count). The highest BCUT2D eigenvalue weighted by atomic mass is 79.9. The molecule has 2 aromatic rings. The maximum Gasteiger partial charge on any atom is 0.358 e. The molecule has 0 radical (unpaired) electrons. The lowest BCUT2D eigenvalue weighted by Gasteiger charge is -2.27. The van der Waals surface area contributed by atoms with Crippen LogP contribution in [0.5, 0.6) is 0 Å². The van der Waals surface area contributed by atoms with E-state index in [9.17, 15) is 13.2 Å². The molecule has 1 fully saturated rings. The van der Waals surface area contributed by atoms with Crippen molar-refractivity contribution in [1.82, 2.24) is 14.5 Å². The van der Waals surface area contributed by atoms with Gasteiger partial charge in [0.2, 0.25) is 11.9 Å². The topological polar surface area (TPSA) is 97.6 Å². The number of hydrogen-bond acceptors (Lipinski definition) is 7. The first-order valence-electron chi connectivity index (χ1n) is 8.18. The summed E-state index contributed by atoms with van der Waals surface area (Å²) in [6.07, 6.45) is 0. The highest BCUT2D eigenvalue weighted by Gasteiger charge is 2.36. The van der Waals surface area contributed by atoms with Crippen molar-refractivity contribution in [2.75, 3.05) is 42.1 Å². The Morgan fingerprint density at radius 3 is 2.44 bits per heavy atom. The van der Waals surface area contributed by atoms with E-state index in [1.54, 1.807) is 17.0 Å². The lowest BCUT2D eigenvalue weighted by Crippen LogP contribution is -2.39. The van der Waals surface area contributed by atoms with Crippen molar-refractivity contribution in [3.63, 3.8) is 0 Å². The van der Waals surface area contributed by atoms with Gasteiger partial charge in [-0.3, -0.25) is 0 Å². The summed E-state index contributed by atoms with van der Waals surface area (Å²) in [6.45, 7) is 5.80. The van der Waals surface area contributed by atoms with Crippen LogP contribution in [-0.4, -0.2) is 55.8 Å². The number of anilines is 2. The van der Waals surface area contributed by atoms with Crippen LogP contribution in [0.2, 0.25) is 0 Å². The summed E-state index contributed by atoms with van der Waals surface area (Å²) in [4.78, 5) is 22.8. The monoisotopic (exact) mass is 453 g/mol. The first-order valence-corrected chi connectivity index (χ1v) is 10.4. The minimum absolute atomic E-state index is 0.00408. The number of morpholine rings is 1. The molecular weight excluding hydrogens is 438 g/mol. The SMILES string of the molecule is C=C1CN(S(=O)(=O)c2ccc(Br)cc2)c2nc(N3CCOCC3)nc(=O)n21. The molecule has 0 atom stereocenters. The number of benzene rings is 1. The molecule has 0 aliphatic carbocycles. The third kappa shape index (κ3) is 3.15. The molecule has 0 spiro atoms. The minimum atomic E-state index is -3.91. The molecule has 3 heterocycles. The Morgan fingerprint density at radius 1 is 1.11 bits per heavy atom. The van der Waals surface area contributed by atoms with E-state index in [0.29, 0.717) is 32.0 Å². The van der Waals surface area contributed by atoms with E-state index in [2.05, 4.69) is 32.5 Å². The molecule has 0 saturated carbocycles. The van der Waals surface area contributed by atoms with Crippen molar-refractivity contribution in [2.24, 2.45) is 0 Å². The Labute approximate surface area is 164 Å². The van der Waals surface area contributed by atoms with E-state index < -0.39 is 15.7 Å². The van der Waals surface area contributed by atoms with Crippen LogP contribution in [-0.2, 0) is 14.8 Å². The molecule has 9 nitrogen and oxygen atoms in total. The first-order chi connectivity index (χ1) is 12.9. The fraction of sp³-hybridized carbons (Fsp3) is 0.312. The predicted molar refractivity (Wildman–Crippen MR) is 103 cm³/mol. The average molecular weight is 454 g/mol. The van der Waals surface area contributed by atoms with E-state index in [-0.39, 0.29) is 23.3 Å². The third-order valence-electron chi connectivity index (χ3n) is 4.35. The fourth-order valence-electron chi connectivity index (χ4n) is 2.97. The number of nitrogens with zero attached hydrogens (tertiary/aromatic N) is 5. The van der Waals surface area contributed by atoms with Gasteiger partial charge in [0.05, 0.1) is 24.7 Å². The van der Waals surface area contributed by atoms with Crippen molar-refractivity contribution < 1.29 is 13.2 Å². The molecule has 1 aromatic heterocycles. The van der Waals surface area contributed by atoms with Crippen molar-refractivity contribution in [3.05, 3.63) is 45.8 Å². The van der Waals surface area contributed by atoms with Gasteiger partial charge in [0.25, 0.3) is 10.0 Å². The zero-order valence-corrected chi connectivity index (χ0v) is 16.6. The summed E-state index contributed by atoms with van der Waals surface area (Å²) < 4.78 is 34.5. The molecule has 27 heavy (non-hydrogen) atoms. The largest absolute Gasteiger partial charge is 0.378 e. The number of fused-ring (bicyclic) bond motifs is 1. The van der Waals surface area contributed by atoms with E-state index in [4.69, 9.17) is 4.74 Å². The Morgan fingerprint density at radius 2 is 1.78 bits per heavy atom. The van der Waals surface area contributed by atoms with Gasteiger partial charge >= 0.3 is 5.69 Å². The molecule has 1 saturated heterocycles. The molecule has 0 N–H and O–H groups in total. The zero-order chi connectivity index (χ0) is 19.2. The van der Waals surface area contributed by atoms with Crippen LogP contribution < -0.4 is 14.9 Å². The maximum atomic E-state index is 13.1. The van der Waals surface area contributed by atoms with Crippen LogP contribution in [0.15, 0.2) is 45.0 Å². The number of aromatic nitrogens is 3. The average Bonchev–Trinajstić information content (AvgIpc) is 3.01. The summed E-state index contributed by atoms with van der Waals surface area (Å²) in [5.41, 5.74) is -0.288. The molecular formula is C16H16BrN5O4S. The smallest absolute Gasteiger partial charge is 0.358 e. The summed E-state index contributed by atoms with van der Waals surface area (Å²) in [7, 11) is -3.91. The molecule has 2 aliphatic heterocycles. The highest BCUT2D eigenvalue weighted by molar-refractivity contribution is 9.10. The standard InChI is InChI=1S/C16H16BrN5O4S/c1-11-10-21(27(24,25)13-4-2-12(17)3-5-13)15-18-14(19-16(23)22(11)15)20-6-8-26-9-7-20/h2-5H,1,6-10H2. The normalized spacial score (nSPS) is 17.3. The van der Waals surface area contributed by atoms with E-state index in [0.717, 1.165) is 13.3 Å². The van der Waals surface area contributed by atoms with Crippen LogP contribution in [0.25, 0.3) is 5.70 Å². The van der Waals surface area contributed by atoms with Crippen LogP contribution in [0.1, 0.15) is 0 Å². The lowest BCUT2D eigenvalue weighted by atomic mass is 10.4. The van der Waals surface area contributed by atoms with Crippen LogP contribution >= 0.6 is 15.9 Å². The molecule has 1 aromatic carbocycles. The Hall–Kier alpha value is -2.24. The number of halogens is 1. The number of ether oxygens (including phenoxy) is 1. The quantitative estimate of drug-likeness (QED) is 0.681. The number of hydrogen-bond donors (Lipinski definition) is 0. The summed E-state index contributed by atoms with van der Waals surface area (Å²) in [5, 5.41) is 0. The molecule has 0 amide bonds. The summed E-state index contributed by atoms with van der Waals surface area (Å²) in [5.74, 6) is 0.199. The van der Waals surface area contributed by atoms with Gasteiger partial charge in [0.1, 0.15) is 0 Å². The Kier molecular flexibility index (Phi) is 4.52. The molecule has 0 bridgehead atoms. The van der Waals surface area contributed by atoms with Crippen LogP contribution in [0.4, 0.5) is 11.9 Å². The van der Waals surface area contributed by atoms with Gasteiger partial charge < -0.3 is 9.64 Å². The predicted octanol–water partition coefficient (Wildman–Crippen LogP) is 0.917. The van der Waals surface area contributed by atoms with Crippen molar-refractivity contribution in [3.8, 4) is 0 Å². The number of rotatable bonds is 3. The van der Waals surface area contributed by atoms with Crippen LogP contribution in [0, 0.1) is 0 Å². The third-order valence-corrected chi connectivity index (χ3v) is 6.62.